The molecule has 0 aromatic rings. The van der Waals surface area contributed by atoms with Gasteiger partial charge in [-0.1, -0.05) is 13.8 Å². The molecule has 2 fully saturated rings. The number of fused-ring (bicyclic) bond motifs is 2. The third kappa shape index (κ3) is 1.09. The smallest absolute Gasteiger partial charge is 0.217 e. The van der Waals surface area contributed by atoms with Crippen LogP contribution in [0.25, 0.3) is 0 Å². The fourth-order valence-electron chi connectivity index (χ4n) is 2.91. The van der Waals surface area contributed by atoms with Crippen molar-refractivity contribution in [2.75, 3.05) is 7.05 Å². The summed E-state index contributed by atoms with van der Waals surface area (Å²) >= 11 is 0. The highest BCUT2D eigenvalue weighted by Gasteiger charge is 2.56. The van der Waals surface area contributed by atoms with Gasteiger partial charge in [-0.15, -0.1) is 0 Å². The van der Waals surface area contributed by atoms with E-state index in [9.17, 15) is 13.5 Å². The van der Waals surface area contributed by atoms with Crippen molar-refractivity contribution in [2.45, 2.75) is 37.7 Å². The van der Waals surface area contributed by atoms with Gasteiger partial charge < -0.3 is 5.11 Å². The summed E-state index contributed by atoms with van der Waals surface area (Å²) in [4.78, 5) is 0. The first-order chi connectivity index (χ1) is 6.37. The van der Waals surface area contributed by atoms with E-state index >= 15 is 0 Å². The van der Waals surface area contributed by atoms with Crippen LogP contribution in [-0.2, 0) is 10.0 Å². The predicted octanol–water partition coefficient (Wildman–Crippen LogP) is 0.0356. The molecule has 5 unspecified atom stereocenters. The van der Waals surface area contributed by atoms with Gasteiger partial charge in [0, 0.05) is 7.05 Å². The number of aliphatic hydroxyl groups excluding tert-OH is 1. The molecule has 0 amide bonds. The zero-order valence-corrected chi connectivity index (χ0v) is 9.53. The lowest BCUT2D eigenvalue weighted by Crippen LogP contribution is -2.46. The summed E-state index contributed by atoms with van der Waals surface area (Å²) in [6, 6.07) is -0.214. The van der Waals surface area contributed by atoms with E-state index in [-0.39, 0.29) is 23.1 Å². The minimum atomic E-state index is -3.14. The Morgan fingerprint density at radius 1 is 1.36 bits per heavy atom. The van der Waals surface area contributed by atoms with Gasteiger partial charge in [-0.05, 0) is 18.3 Å². The van der Waals surface area contributed by atoms with Crippen LogP contribution in [-0.4, -0.2) is 42.3 Å². The van der Waals surface area contributed by atoms with Gasteiger partial charge in [-0.2, -0.15) is 4.31 Å². The molecule has 1 saturated carbocycles. The topological polar surface area (TPSA) is 57.6 Å². The van der Waals surface area contributed by atoms with Crippen LogP contribution in [0.4, 0.5) is 0 Å². The van der Waals surface area contributed by atoms with Crippen molar-refractivity contribution in [1.82, 2.24) is 4.31 Å². The van der Waals surface area contributed by atoms with Crippen molar-refractivity contribution in [2.24, 2.45) is 11.8 Å². The molecule has 2 aliphatic rings. The number of hydrogen-bond acceptors (Lipinski definition) is 3. The normalized spacial score (nSPS) is 52.1. The number of aliphatic hydroxyl groups is 1. The molecule has 2 rings (SSSR count). The molecule has 4 nitrogen and oxygen atoms in total. The quantitative estimate of drug-likeness (QED) is 0.625. The fraction of sp³-hybridized carbons (Fsp3) is 1.00. The van der Waals surface area contributed by atoms with E-state index in [4.69, 9.17) is 0 Å². The maximum absolute atomic E-state index is 11.9. The Hall–Kier alpha value is -0.130. The van der Waals surface area contributed by atoms with Crippen LogP contribution in [0.1, 0.15) is 20.3 Å². The first kappa shape index (κ1) is 10.4. The lowest BCUT2D eigenvalue weighted by molar-refractivity contribution is 0.0145. The van der Waals surface area contributed by atoms with E-state index in [0.717, 1.165) is 0 Å². The first-order valence-electron chi connectivity index (χ1n) is 5.02. The number of hydrogen-bond donors (Lipinski definition) is 1. The average molecular weight is 219 g/mol. The summed E-state index contributed by atoms with van der Waals surface area (Å²) in [6.07, 6.45) is 0.0782. The molecule has 14 heavy (non-hydrogen) atoms. The van der Waals surface area contributed by atoms with Crippen molar-refractivity contribution in [1.29, 1.82) is 0 Å². The Bertz CT molecular complexity index is 340. The van der Waals surface area contributed by atoms with Crippen molar-refractivity contribution in [3.8, 4) is 0 Å². The van der Waals surface area contributed by atoms with Crippen LogP contribution >= 0.6 is 0 Å². The zero-order valence-electron chi connectivity index (χ0n) is 8.71. The Morgan fingerprint density at radius 2 is 1.93 bits per heavy atom. The van der Waals surface area contributed by atoms with Crippen LogP contribution in [0.3, 0.4) is 0 Å². The average Bonchev–Trinajstić information content (AvgIpc) is 2.21. The van der Waals surface area contributed by atoms with Gasteiger partial charge in [0.05, 0.1) is 17.4 Å². The highest BCUT2D eigenvalue weighted by molar-refractivity contribution is 7.90. The maximum Gasteiger partial charge on any atom is 0.217 e. The van der Waals surface area contributed by atoms with E-state index in [1.54, 1.807) is 7.05 Å². The van der Waals surface area contributed by atoms with Crippen molar-refractivity contribution < 1.29 is 13.5 Å². The standard InChI is InChI=1S/C9H17NO3S/c1-5-4-7-6(2)8(9(5)11)10(3)14(7,12)13/h5-9,11H,4H2,1-3H3. The summed E-state index contributed by atoms with van der Waals surface area (Å²) < 4.78 is 25.2. The SMILES string of the molecule is CC1CC2C(C)C(C1O)N(C)S2(=O)=O. The van der Waals surface area contributed by atoms with Gasteiger partial charge in [0.25, 0.3) is 0 Å². The molecule has 0 aromatic carbocycles. The number of likely N-dealkylation sites (N-methyl/N-ethyl adjacent to an activating group) is 1. The number of sulfonamides is 1. The second-order valence-electron chi connectivity index (χ2n) is 4.65. The Balaban J connectivity index is 2.46. The number of rotatable bonds is 0. The monoisotopic (exact) mass is 219 g/mol. The van der Waals surface area contributed by atoms with Gasteiger partial charge in [0.1, 0.15) is 0 Å². The van der Waals surface area contributed by atoms with E-state index in [0.29, 0.717) is 6.42 Å². The summed E-state index contributed by atoms with van der Waals surface area (Å²) in [7, 11) is -1.56. The summed E-state index contributed by atoms with van der Waals surface area (Å²) in [5, 5.41) is 9.65. The van der Waals surface area contributed by atoms with Crippen LogP contribution < -0.4 is 0 Å². The van der Waals surface area contributed by atoms with E-state index in [2.05, 4.69) is 0 Å². The molecular formula is C9H17NO3S. The lowest BCUT2D eigenvalue weighted by atomic mass is 9.77. The fourth-order valence-corrected chi connectivity index (χ4v) is 5.24. The van der Waals surface area contributed by atoms with Crippen molar-refractivity contribution in [3.63, 3.8) is 0 Å². The van der Waals surface area contributed by atoms with Gasteiger partial charge >= 0.3 is 0 Å². The minimum absolute atomic E-state index is 0.0520. The van der Waals surface area contributed by atoms with Gasteiger partial charge in [-0.3, -0.25) is 0 Å². The number of nitrogens with zero attached hydrogens (tertiary/aromatic N) is 1. The molecule has 1 saturated heterocycles. The molecule has 0 aromatic heterocycles. The first-order valence-corrected chi connectivity index (χ1v) is 6.52. The molecule has 2 bridgehead atoms. The molecule has 0 spiro atoms. The largest absolute Gasteiger partial charge is 0.391 e. The molecular weight excluding hydrogens is 202 g/mol. The molecule has 1 heterocycles. The summed E-state index contributed by atoms with van der Waals surface area (Å²) in [5.74, 6) is 0.136. The van der Waals surface area contributed by atoms with Crippen LogP contribution in [0.5, 0.6) is 0 Å². The molecule has 5 heteroatoms. The molecule has 1 aliphatic carbocycles. The predicted molar refractivity (Wildman–Crippen MR) is 53.2 cm³/mol. The second-order valence-corrected chi connectivity index (χ2v) is 6.86. The Labute approximate surface area is 85.0 Å². The maximum atomic E-state index is 11.9. The molecule has 1 N–H and O–H groups in total. The zero-order chi connectivity index (χ0) is 10.7. The summed E-state index contributed by atoms with van der Waals surface area (Å²) in [5.41, 5.74) is 0. The molecule has 5 atom stereocenters. The van der Waals surface area contributed by atoms with Crippen molar-refractivity contribution >= 4 is 10.0 Å². The summed E-state index contributed by atoms with van der Waals surface area (Å²) in [6.45, 7) is 3.84. The molecule has 82 valence electrons. The highest BCUT2D eigenvalue weighted by atomic mass is 32.2. The van der Waals surface area contributed by atoms with Crippen LogP contribution in [0.15, 0.2) is 0 Å². The van der Waals surface area contributed by atoms with E-state index in [1.807, 2.05) is 13.8 Å². The van der Waals surface area contributed by atoms with Gasteiger partial charge in [-0.25, -0.2) is 8.42 Å². The van der Waals surface area contributed by atoms with Gasteiger partial charge in [0.15, 0.2) is 0 Å². The third-order valence-corrected chi connectivity index (χ3v) is 6.30. The third-order valence-electron chi connectivity index (χ3n) is 3.87. The van der Waals surface area contributed by atoms with E-state index < -0.39 is 16.1 Å². The van der Waals surface area contributed by atoms with Crippen molar-refractivity contribution in [3.05, 3.63) is 0 Å². The van der Waals surface area contributed by atoms with Crippen LogP contribution in [0.2, 0.25) is 0 Å². The Kier molecular flexibility index (Phi) is 2.18. The van der Waals surface area contributed by atoms with Gasteiger partial charge in [0.2, 0.25) is 10.0 Å². The second kappa shape index (κ2) is 2.93. The minimum Gasteiger partial charge on any atom is -0.391 e. The molecule has 1 aliphatic heterocycles. The van der Waals surface area contributed by atoms with Crippen LogP contribution in [0, 0.1) is 11.8 Å². The van der Waals surface area contributed by atoms with E-state index in [1.165, 1.54) is 4.31 Å². The molecule has 0 radical (unpaired) electrons. The highest BCUT2D eigenvalue weighted by Crippen LogP contribution is 2.43. The lowest BCUT2D eigenvalue weighted by Gasteiger charge is -2.34. The Morgan fingerprint density at radius 3 is 2.50 bits per heavy atom.